The molecule has 1 aromatic rings. The Kier molecular flexibility index (Phi) is 3.97. The molecule has 1 atom stereocenters. The first-order valence-electron chi connectivity index (χ1n) is 6.25. The second-order valence-electron chi connectivity index (χ2n) is 4.85. The molecule has 1 saturated carbocycles. The van der Waals surface area contributed by atoms with Crippen molar-refractivity contribution in [1.82, 2.24) is 5.32 Å². The minimum Gasteiger partial charge on any atom is -0.480 e. The average molecular weight is 278 g/mol. The minimum atomic E-state index is -1.09. The Balaban J connectivity index is 2.07. The van der Waals surface area contributed by atoms with Crippen LogP contribution in [0.1, 0.15) is 29.6 Å². The van der Waals surface area contributed by atoms with E-state index >= 15 is 0 Å². The second-order valence-corrected chi connectivity index (χ2v) is 4.85. The van der Waals surface area contributed by atoms with Crippen molar-refractivity contribution in [1.29, 1.82) is 0 Å². The molecule has 0 saturated heterocycles. The molecule has 7 nitrogen and oxygen atoms in total. The number of aliphatic carboxylic acids is 1. The SMILES string of the molecule is O=C(NC(CC1CC1)C(=O)O)c1cccc([N+](=O)[O-])c1. The van der Waals surface area contributed by atoms with Crippen molar-refractivity contribution in [2.75, 3.05) is 0 Å². The van der Waals surface area contributed by atoms with Crippen LogP contribution in [-0.4, -0.2) is 27.9 Å². The zero-order valence-corrected chi connectivity index (χ0v) is 10.6. The van der Waals surface area contributed by atoms with E-state index in [1.807, 2.05) is 0 Å². The fourth-order valence-corrected chi connectivity index (χ4v) is 1.91. The Hall–Kier alpha value is -2.44. The van der Waals surface area contributed by atoms with Crippen LogP contribution in [0.15, 0.2) is 24.3 Å². The van der Waals surface area contributed by atoms with Gasteiger partial charge < -0.3 is 10.4 Å². The van der Waals surface area contributed by atoms with E-state index in [9.17, 15) is 19.7 Å². The van der Waals surface area contributed by atoms with Gasteiger partial charge in [-0.05, 0) is 18.4 Å². The Morgan fingerprint density at radius 2 is 2.15 bits per heavy atom. The topological polar surface area (TPSA) is 110 Å². The number of carboxylic acid groups (broad SMARTS) is 1. The van der Waals surface area contributed by atoms with E-state index in [0.717, 1.165) is 18.9 Å². The van der Waals surface area contributed by atoms with Crippen molar-refractivity contribution in [3.63, 3.8) is 0 Å². The number of carbonyl (C=O) groups is 2. The molecule has 106 valence electrons. The number of carbonyl (C=O) groups excluding carboxylic acids is 1. The van der Waals surface area contributed by atoms with Crippen LogP contribution in [0.4, 0.5) is 5.69 Å². The molecule has 0 aromatic heterocycles. The van der Waals surface area contributed by atoms with E-state index < -0.39 is 22.8 Å². The smallest absolute Gasteiger partial charge is 0.326 e. The lowest BCUT2D eigenvalue weighted by atomic mass is 10.1. The summed E-state index contributed by atoms with van der Waals surface area (Å²) in [6, 6.07) is 4.26. The Morgan fingerprint density at radius 1 is 1.45 bits per heavy atom. The van der Waals surface area contributed by atoms with Gasteiger partial charge in [-0.1, -0.05) is 18.9 Å². The number of rotatable bonds is 6. The van der Waals surface area contributed by atoms with Crippen molar-refractivity contribution >= 4 is 17.6 Å². The molecule has 2 N–H and O–H groups in total. The molecular weight excluding hydrogens is 264 g/mol. The van der Waals surface area contributed by atoms with Crippen molar-refractivity contribution in [2.45, 2.75) is 25.3 Å². The van der Waals surface area contributed by atoms with Crippen LogP contribution in [0, 0.1) is 16.0 Å². The highest BCUT2D eigenvalue weighted by Crippen LogP contribution is 2.33. The number of hydrogen-bond donors (Lipinski definition) is 2. The quantitative estimate of drug-likeness (QED) is 0.606. The van der Waals surface area contributed by atoms with Gasteiger partial charge in [0.05, 0.1) is 4.92 Å². The molecule has 0 heterocycles. The summed E-state index contributed by atoms with van der Waals surface area (Å²) in [6.07, 6.45) is 2.36. The standard InChI is InChI=1S/C13H14N2O5/c16-12(9-2-1-3-10(7-9)15(19)20)14-11(13(17)18)6-8-4-5-8/h1-3,7-8,11H,4-6H2,(H,14,16)(H,17,18). The van der Waals surface area contributed by atoms with Crippen LogP contribution in [0.25, 0.3) is 0 Å². The fraction of sp³-hybridized carbons (Fsp3) is 0.385. The number of nitro groups is 1. The van der Waals surface area contributed by atoms with E-state index in [2.05, 4.69) is 5.32 Å². The number of nitrogens with zero attached hydrogens (tertiary/aromatic N) is 1. The first-order chi connectivity index (χ1) is 9.47. The van der Waals surface area contributed by atoms with E-state index in [1.165, 1.54) is 18.2 Å². The third kappa shape index (κ3) is 3.53. The van der Waals surface area contributed by atoms with Gasteiger partial charge in [0, 0.05) is 17.7 Å². The van der Waals surface area contributed by atoms with Crippen LogP contribution in [0.3, 0.4) is 0 Å². The Labute approximate surface area is 114 Å². The number of nitro benzene ring substituents is 1. The highest BCUT2D eigenvalue weighted by molar-refractivity contribution is 5.97. The first kappa shape index (κ1) is 14.0. The maximum absolute atomic E-state index is 11.9. The van der Waals surface area contributed by atoms with Gasteiger partial charge in [-0.25, -0.2) is 4.79 Å². The highest BCUT2D eigenvalue weighted by Gasteiger charge is 2.30. The van der Waals surface area contributed by atoms with Crippen LogP contribution in [-0.2, 0) is 4.79 Å². The molecule has 1 fully saturated rings. The van der Waals surface area contributed by atoms with Gasteiger partial charge in [0.25, 0.3) is 11.6 Å². The number of benzene rings is 1. The molecule has 1 aliphatic carbocycles. The van der Waals surface area contributed by atoms with Crippen molar-refractivity contribution < 1.29 is 19.6 Å². The van der Waals surface area contributed by atoms with Crippen molar-refractivity contribution in [3.05, 3.63) is 39.9 Å². The molecule has 0 aliphatic heterocycles. The normalized spacial score (nSPS) is 15.4. The van der Waals surface area contributed by atoms with E-state index in [1.54, 1.807) is 0 Å². The van der Waals surface area contributed by atoms with Gasteiger partial charge >= 0.3 is 5.97 Å². The molecule has 0 bridgehead atoms. The summed E-state index contributed by atoms with van der Waals surface area (Å²) < 4.78 is 0. The fourth-order valence-electron chi connectivity index (χ4n) is 1.91. The zero-order valence-electron chi connectivity index (χ0n) is 10.6. The van der Waals surface area contributed by atoms with Gasteiger partial charge in [-0.2, -0.15) is 0 Å². The summed E-state index contributed by atoms with van der Waals surface area (Å²) in [5.74, 6) is -1.35. The van der Waals surface area contributed by atoms with E-state index in [4.69, 9.17) is 5.11 Å². The summed E-state index contributed by atoms with van der Waals surface area (Å²) in [6.45, 7) is 0. The van der Waals surface area contributed by atoms with Gasteiger partial charge in [0.1, 0.15) is 6.04 Å². The molecule has 1 aliphatic rings. The maximum Gasteiger partial charge on any atom is 0.326 e. The third-order valence-corrected chi connectivity index (χ3v) is 3.19. The van der Waals surface area contributed by atoms with Gasteiger partial charge in [0.2, 0.25) is 0 Å². The Bertz CT molecular complexity index is 553. The van der Waals surface area contributed by atoms with Gasteiger partial charge in [-0.15, -0.1) is 0 Å². The van der Waals surface area contributed by atoms with Crippen molar-refractivity contribution in [3.8, 4) is 0 Å². The highest BCUT2D eigenvalue weighted by atomic mass is 16.6. The number of carboxylic acids is 1. The van der Waals surface area contributed by atoms with Crippen LogP contribution in [0.2, 0.25) is 0 Å². The minimum absolute atomic E-state index is 0.0845. The molecule has 2 rings (SSSR count). The van der Waals surface area contributed by atoms with Crippen molar-refractivity contribution in [2.24, 2.45) is 5.92 Å². The summed E-state index contributed by atoms with van der Waals surface area (Å²) >= 11 is 0. The van der Waals surface area contributed by atoms with Gasteiger partial charge in [-0.3, -0.25) is 14.9 Å². The molecule has 1 aromatic carbocycles. The maximum atomic E-state index is 11.9. The lowest BCUT2D eigenvalue weighted by Crippen LogP contribution is -2.41. The monoisotopic (exact) mass is 278 g/mol. The molecule has 7 heteroatoms. The lowest BCUT2D eigenvalue weighted by molar-refractivity contribution is -0.384. The Morgan fingerprint density at radius 3 is 2.70 bits per heavy atom. The van der Waals surface area contributed by atoms with Crippen LogP contribution in [0.5, 0.6) is 0 Å². The van der Waals surface area contributed by atoms with Gasteiger partial charge in [0.15, 0.2) is 0 Å². The third-order valence-electron chi connectivity index (χ3n) is 3.19. The number of hydrogen-bond acceptors (Lipinski definition) is 4. The summed E-state index contributed by atoms with van der Waals surface area (Å²) in [5.41, 5.74) is -0.118. The molecule has 0 radical (unpaired) electrons. The largest absolute Gasteiger partial charge is 0.480 e. The number of non-ortho nitro benzene ring substituents is 1. The summed E-state index contributed by atoms with van der Waals surface area (Å²) in [4.78, 5) is 33.1. The molecule has 0 spiro atoms. The molecule has 1 amide bonds. The molecular formula is C13H14N2O5. The predicted octanol–water partition coefficient (Wildman–Crippen LogP) is 1.58. The van der Waals surface area contributed by atoms with Crippen LogP contribution < -0.4 is 5.32 Å². The number of amides is 1. The molecule has 20 heavy (non-hydrogen) atoms. The van der Waals surface area contributed by atoms with E-state index in [0.29, 0.717) is 12.3 Å². The zero-order chi connectivity index (χ0) is 14.7. The number of nitrogens with one attached hydrogen (secondary N) is 1. The van der Waals surface area contributed by atoms with Crippen LogP contribution >= 0.6 is 0 Å². The average Bonchev–Trinajstić information content (AvgIpc) is 3.21. The lowest BCUT2D eigenvalue weighted by Gasteiger charge is -2.13. The summed E-state index contributed by atoms with van der Waals surface area (Å²) in [7, 11) is 0. The van der Waals surface area contributed by atoms with E-state index in [-0.39, 0.29) is 11.3 Å². The first-order valence-corrected chi connectivity index (χ1v) is 6.25. The summed E-state index contributed by atoms with van der Waals surface area (Å²) in [5, 5.41) is 22.1. The second kappa shape index (κ2) is 5.68. The predicted molar refractivity (Wildman–Crippen MR) is 69.3 cm³/mol. The molecule has 1 unspecified atom stereocenters.